The van der Waals surface area contributed by atoms with Gasteiger partial charge in [0.05, 0.1) is 0 Å². The third-order valence-corrected chi connectivity index (χ3v) is 3.56. The summed E-state index contributed by atoms with van der Waals surface area (Å²) in [6.07, 6.45) is 0. The van der Waals surface area contributed by atoms with Crippen LogP contribution >= 0.6 is 11.6 Å². The van der Waals surface area contributed by atoms with Crippen LogP contribution in [0.1, 0.15) is 15.9 Å². The van der Waals surface area contributed by atoms with Gasteiger partial charge in [-0.05, 0) is 48.9 Å². The lowest BCUT2D eigenvalue weighted by atomic mass is 10.2. The number of ether oxygens (including phenoxy) is 1. The number of anilines is 1. The zero-order valence-corrected chi connectivity index (χ0v) is 13.6. The van der Waals surface area contributed by atoms with Crippen LogP contribution in [0.4, 0.5) is 5.69 Å². The molecule has 0 bridgehead atoms. The molecular weight excluding hydrogens is 316 g/mol. The smallest absolute Gasteiger partial charge is 0.262 e. The van der Waals surface area contributed by atoms with E-state index in [1.807, 2.05) is 6.92 Å². The van der Waals surface area contributed by atoms with E-state index in [1.165, 1.54) is 0 Å². The lowest BCUT2D eigenvalue weighted by Gasteiger charge is -2.09. The zero-order chi connectivity index (χ0) is 16.8. The lowest BCUT2D eigenvalue weighted by molar-refractivity contribution is -0.118. The van der Waals surface area contributed by atoms with E-state index in [2.05, 4.69) is 10.6 Å². The summed E-state index contributed by atoms with van der Waals surface area (Å²) < 4.78 is 5.42. The Hall–Kier alpha value is -2.53. The molecule has 0 unspecified atom stereocenters. The molecule has 0 radical (unpaired) electrons. The molecule has 0 heterocycles. The summed E-state index contributed by atoms with van der Waals surface area (Å²) in [7, 11) is 1.55. The van der Waals surface area contributed by atoms with Crippen LogP contribution in [-0.4, -0.2) is 25.5 Å². The minimum atomic E-state index is -0.313. The molecule has 0 aliphatic carbocycles. The van der Waals surface area contributed by atoms with Gasteiger partial charge in [0.1, 0.15) is 5.75 Å². The molecule has 0 atom stereocenters. The Morgan fingerprint density at radius 3 is 2.65 bits per heavy atom. The monoisotopic (exact) mass is 332 g/mol. The molecule has 2 amide bonds. The number of nitrogens with one attached hydrogen (secondary N) is 2. The molecule has 0 spiro atoms. The van der Waals surface area contributed by atoms with Gasteiger partial charge >= 0.3 is 0 Å². The highest BCUT2D eigenvalue weighted by atomic mass is 35.5. The quantitative estimate of drug-likeness (QED) is 0.884. The molecule has 0 aromatic heterocycles. The predicted molar refractivity (Wildman–Crippen MR) is 90.1 cm³/mol. The zero-order valence-electron chi connectivity index (χ0n) is 12.9. The minimum Gasteiger partial charge on any atom is -0.484 e. The van der Waals surface area contributed by atoms with Gasteiger partial charge in [0.15, 0.2) is 6.61 Å². The summed E-state index contributed by atoms with van der Waals surface area (Å²) in [5, 5.41) is 5.86. The lowest BCUT2D eigenvalue weighted by Crippen LogP contribution is -2.21. The van der Waals surface area contributed by atoms with Crippen LogP contribution in [0.2, 0.25) is 5.02 Å². The molecule has 2 rings (SSSR count). The van der Waals surface area contributed by atoms with Gasteiger partial charge in [-0.25, -0.2) is 0 Å². The summed E-state index contributed by atoms with van der Waals surface area (Å²) in [6, 6.07) is 11.9. The van der Waals surface area contributed by atoms with Gasteiger partial charge in [-0.15, -0.1) is 0 Å². The average molecular weight is 333 g/mol. The van der Waals surface area contributed by atoms with Crippen molar-refractivity contribution >= 4 is 29.1 Å². The Labute approximate surface area is 139 Å². The van der Waals surface area contributed by atoms with Gasteiger partial charge in [0, 0.05) is 23.3 Å². The van der Waals surface area contributed by atoms with Crippen molar-refractivity contribution < 1.29 is 14.3 Å². The molecule has 120 valence electrons. The molecule has 2 aromatic carbocycles. The number of carbonyl (C=O) groups is 2. The van der Waals surface area contributed by atoms with E-state index < -0.39 is 0 Å². The van der Waals surface area contributed by atoms with E-state index in [4.69, 9.17) is 16.3 Å². The molecule has 0 aliphatic rings. The Balaban J connectivity index is 1.94. The number of rotatable bonds is 5. The Kier molecular flexibility index (Phi) is 5.60. The van der Waals surface area contributed by atoms with E-state index in [0.29, 0.717) is 22.0 Å². The number of hydrogen-bond acceptors (Lipinski definition) is 3. The molecule has 23 heavy (non-hydrogen) atoms. The van der Waals surface area contributed by atoms with Gasteiger partial charge in [0.25, 0.3) is 11.8 Å². The molecule has 0 fully saturated rings. The third-order valence-electron chi connectivity index (χ3n) is 3.13. The second-order valence-electron chi connectivity index (χ2n) is 4.91. The molecule has 0 saturated heterocycles. The van der Waals surface area contributed by atoms with Gasteiger partial charge in [-0.1, -0.05) is 17.7 Å². The third kappa shape index (κ3) is 4.72. The van der Waals surface area contributed by atoms with Crippen LogP contribution in [0, 0.1) is 6.92 Å². The van der Waals surface area contributed by atoms with Crippen LogP contribution in [-0.2, 0) is 4.79 Å². The van der Waals surface area contributed by atoms with Crippen LogP contribution in [0.25, 0.3) is 0 Å². The number of amides is 2. The van der Waals surface area contributed by atoms with E-state index in [9.17, 15) is 9.59 Å². The standard InChI is InChI=1S/C17H17ClN2O3/c1-11-8-14(6-7-15(11)18)23-10-16(21)20-13-5-3-4-12(9-13)17(22)19-2/h3-9H,10H2,1-2H3,(H,19,22)(H,20,21). The largest absolute Gasteiger partial charge is 0.484 e. The number of halogens is 1. The van der Waals surface area contributed by atoms with Crippen LogP contribution in [0.5, 0.6) is 5.75 Å². The highest BCUT2D eigenvalue weighted by molar-refractivity contribution is 6.31. The van der Waals surface area contributed by atoms with E-state index in [0.717, 1.165) is 5.56 Å². The maximum atomic E-state index is 11.9. The van der Waals surface area contributed by atoms with Crippen molar-refractivity contribution in [2.24, 2.45) is 0 Å². The Morgan fingerprint density at radius 1 is 1.17 bits per heavy atom. The van der Waals surface area contributed by atoms with E-state index >= 15 is 0 Å². The molecule has 5 nitrogen and oxygen atoms in total. The number of carbonyl (C=O) groups excluding carboxylic acids is 2. The first-order valence-electron chi connectivity index (χ1n) is 7.00. The summed E-state index contributed by atoms with van der Waals surface area (Å²) in [5.74, 6) is 0.0433. The molecule has 2 aromatic rings. The highest BCUT2D eigenvalue weighted by Crippen LogP contribution is 2.21. The van der Waals surface area contributed by atoms with Gasteiger partial charge in [-0.2, -0.15) is 0 Å². The average Bonchev–Trinajstić information content (AvgIpc) is 2.55. The van der Waals surface area contributed by atoms with Crippen molar-refractivity contribution in [1.82, 2.24) is 5.32 Å². The summed E-state index contributed by atoms with van der Waals surface area (Å²) >= 11 is 5.94. The van der Waals surface area contributed by atoms with Gasteiger partial charge in [-0.3, -0.25) is 9.59 Å². The molecule has 2 N–H and O–H groups in total. The first-order valence-corrected chi connectivity index (χ1v) is 7.38. The summed E-state index contributed by atoms with van der Waals surface area (Å²) in [5.41, 5.74) is 1.88. The molecule has 0 aliphatic heterocycles. The minimum absolute atomic E-state index is 0.134. The SMILES string of the molecule is CNC(=O)c1cccc(NC(=O)COc2ccc(Cl)c(C)c2)c1. The van der Waals surface area contributed by atoms with Gasteiger partial charge < -0.3 is 15.4 Å². The fourth-order valence-corrected chi connectivity index (χ4v) is 2.05. The predicted octanol–water partition coefficient (Wildman–Crippen LogP) is 3.03. The second kappa shape index (κ2) is 7.65. The number of benzene rings is 2. The summed E-state index contributed by atoms with van der Waals surface area (Å²) in [4.78, 5) is 23.5. The highest BCUT2D eigenvalue weighted by Gasteiger charge is 2.07. The van der Waals surface area contributed by atoms with Crippen molar-refractivity contribution in [3.63, 3.8) is 0 Å². The summed E-state index contributed by atoms with van der Waals surface area (Å²) in [6.45, 7) is 1.73. The van der Waals surface area contributed by atoms with Crippen molar-refractivity contribution in [2.75, 3.05) is 19.0 Å². The number of hydrogen-bond donors (Lipinski definition) is 2. The van der Waals surface area contributed by atoms with Crippen molar-refractivity contribution in [1.29, 1.82) is 0 Å². The fourth-order valence-electron chi connectivity index (χ4n) is 1.94. The molecule has 0 saturated carbocycles. The van der Waals surface area contributed by atoms with Crippen molar-refractivity contribution in [2.45, 2.75) is 6.92 Å². The normalized spacial score (nSPS) is 10.0. The Bertz CT molecular complexity index is 732. The van der Waals surface area contributed by atoms with Crippen LogP contribution < -0.4 is 15.4 Å². The fraction of sp³-hybridized carbons (Fsp3) is 0.176. The maximum Gasteiger partial charge on any atom is 0.262 e. The second-order valence-corrected chi connectivity index (χ2v) is 5.31. The van der Waals surface area contributed by atoms with Crippen molar-refractivity contribution in [3.8, 4) is 5.75 Å². The number of aryl methyl sites for hydroxylation is 1. The first-order chi connectivity index (χ1) is 11.0. The molecule has 6 heteroatoms. The van der Waals surface area contributed by atoms with E-state index in [-0.39, 0.29) is 18.4 Å². The van der Waals surface area contributed by atoms with Crippen molar-refractivity contribution in [3.05, 3.63) is 58.6 Å². The molecular formula is C17H17ClN2O3. The van der Waals surface area contributed by atoms with E-state index in [1.54, 1.807) is 49.5 Å². The van der Waals surface area contributed by atoms with Crippen LogP contribution in [0.15, 0.2) is 42.5 Å². The topological polar surface area (TPSA) is 67.4 Å². The van der Waals surface area contributed by atoms with Crippen LogP contribution in [0.3, 0.4) is 0 Å². The van der Waals surface area contributed by atoms with Gasteiger partial charge in [0.2, 0.25) is 0 Å². The maximum absolute atomic E-state index is 11.9. The first kappa shape index (κ1) is 16.8. The Morgan fingerprint density at radius 2 is 1.96 bits per heavy atom.